The van der Waals surface area contributed by atoms with Crippen molar-refractivity contribution in [3.8, 4) is 0 Å². The highest BCUT2D eigenvalue weighted by Gasteiger charge is 2.17. The van der Waals surface area contributed by atoms with Crippen LogP contribution in [-0.2, 0) is 26.4 Å². The van der Waals surface area contributed by atoms with Gasteiger partial charge in [0.2, 0.25) is 10.0 Å². The van der Waals surface area contributed by atoms with Crippen LogP contribution in [0.15, 0.2) is 50.3 Å². The van der Waals surface area contributed by atoms with Gasteiger partial charge in [0.25, 0.3) is 0 Å². The average Bonchev–Trinajstić information content (AvgIpc) is 3.06. The Labute approximate surface area is 144 Å². The number of hydrogen-bond acceptors (Lipinski definition) is 7. The van der Waals surface area contributed by atoms with Crippen LogP contribution in [0.5, 0.6) is 0 Å². The van der Waals surface area contributed by atoms with E-state index in [4.69, 9.17) is 0 Å². The van der Waals surface area contributed by atoms with E-state index in [-0.39, 0.29) is 32.7 Å². The highest BCUT2D eigenvalue weighted by Crippen LogP contribution is 2.19. The monoisotopic (exact) mass is 385 g/mol. The summed E-state index contributed by atoms with van der Waals surface area (Å²) in [5.41, 5.74) is 0.652. The first-order valence-corrected chi connectivity index (χ1v) is 10.8. The molecule has 0 saturated heterocycles. The van der Waals surface area contributed by atoms with Crippen molar-refractivity contribution in [2.45, 2.75) is 15.6 Å². The fourth-order valence-corrected chi connectivity index (χ4v) is 4.46. The quantitative estimate of drug-likeness (QED) is 0.730. The van der Waals surface area contributed by atoms with E-state index >= 15 is 0 Å². The fourth-order valence-electron chi connectivity index (χ4n) is 1.75. The summed E-state index contributed by atoms with van der Waals surface area (Å²) in [5, 5.41) is 1.65. The maximum Gasteiger partial charge on any atom is 0.250 e. The topological polar surface area (TPSA) is 106 Å². The van der Waals surface area contributed by atoms with Gasteiger partial charge in [0.05, 0.1) is 28.5 Å². The Morgan fingerprint density at radius 2 is 2.04 bits per heavy atom. The summed E-state index contributed by atoms with van der Waals surface area (Å²) >= 11 is 1.08. The zero-order valence-electron chi connectivity index (χ0n) is 12.8. The van der Waals surface area contributed by atoms with E-state index in [0.717, 1.165) is 17.6 Å². The molecular weight excluding hydrogens is 370 g/mol. The third-order valence-corrected chi connectivity index (χ3v) is 6.86. The molecule has 0 saturated carbocycles. The van der Waals surface area contributed by atoms with Gasteiger partial charge in [-0.05, 0) is 30.3 Å². The van der Waals surface area contributed by atoms with Gasteiger partial charge < -0.3 is 0 Å². The maximum atomic E-state index is 12.1. The molecule has 2 heterocycles. The van der Waals surface area contributed by atoms with Crippen LogP contribution in [0.4, 0.5) is 0 Å². The average molecular weight is 385 g/mol. The van der Waals surface area contributed by atoms with Gasteiger partial charge in [0, 0.05) is 6.26 Å². The van der Waals surface area contributed by atoms with Crippen LogP contribution < -0.4 is 4.72 Å². The largest absolute Gasteiger partial charge is 0.263 e. The predicted octanol–water partition coefficient (Wildman–Crippen LogP) is 1.70. The van der Waals surface area contributed by atoms with Crippen molar-refractivity contribution < 1.29 is 16.8 Å². The van der Waals surface area contributed by atoms with E-state index in [1.807, 2.05) is 0 Å². The lowest BCUT2D eigenvalue weighted by Gasteiger charge is -2.09. The molecule has 0 fully saturated rings. The van der Waals surface area contributed by atoms with Crippen molar-refractivity contribution in [1.82, 2.24) is 9.71 Å². The molecule has 2 aromatic heterocycles. The molecule has 128 valence electrons. The van der Waals surface area contributed by atoms with E-state index in [0.29, 0.717) is 0 Å². The van der Waals surface area contributed by atoms with Crippen molar-refractivity contribution in [1.29, 1.82) is 0 Å². The molecular formula is C14H15N3O4S3. The minimum Gasteiger partial charge on any atom is -0.263 e. The number of aromatic nitrogens is 1. The molecule has 2 aromatic rings. The summed E-state index contributed by atoms with van der Waals surface area (Å²) in [7, 11) is -7.19. The Balaban J connectivity index is 2.36. The number of hydrogen-bond donors (Lipinski definition) is 1. The molecule has 0 amide bonds. The van der Waals surface area contributed by atoms with E-state index in [9.17, 15) is 16.8 Å². The van der Waals surface area contributed by atoms with E-state index in [1.165, 1.54) is 18.2 Å². The van der Waals surface area contributed by atoms with Gasteiger partial charge in [-0.25, -0.2) is 26.5 Å². The highest BCUT2D eigenvalue weighted by molar-refractivity contribution is 7.91. The molecule has 10 heteroatoms. The minimum atomic E-state index is -3.68. The van der Waals surface area contributed by atoms with Crippen LogP contribution >= 0.6 is 11.3 Å². The van der Waals surface area contributed by atoms with Gasteiger partial charge >= 0.3 is 0 Å². The molecule has 0 unspecified atom stereocenters. The fraction of sp³-hybridized carbons (Fsp3) is 0.143. The second-order valence-corrected chi connectivity index (χ2v) is 9.77. The predicted molar refractivity (Wildman–Crippen MR) is 94.3 cm³/mol. The molecule has 24 heavy (non-hydrogen) atoms. The Morgan fingerprint density at radius 1 is 1.33 bits per heavy atom. The summed E-state index contributed by atoms with van der Waals surface area (Å²) in [6.07, 6.45) is 1.05. The molecule has 1 N–H and O–H groups in total. The molecule has 0 aliphatic heterocycles. The molecule has 0 atom stereocenters. The number of rotatable bonds is 7. The molecule has 0 bridgehead atoms. The summed E-state index contributed by atoms with van der Waals surface area (Å²) < 4.78 is 50.4. The first kappa shape index (κ1) is 18.5. The molecule has 2 rings (SSSR count). The first-order valence-electron chi connectivity index (χ1n) is 6.53. The van der Waals surface area contributed by atoms with Crippen LogP contribution in [0.25, 0.3) is 5.70 Å². The molecule has 0 aromatic carbocycles. The highest BCUT2D eigenvalue weighted by atomic mass is 32.2. The zero-order chi connectivity index (χ0) is 18.0. The standard InChI is InChI=1S/C14H15N3O4S3/c1-10(15-2)13-8-12(23(3,18)19)7-11(17-13)9-16-24(20,21)14-5-4-6-22-14/h4-8,16H,1-2,9H2,3H3. The van der Waals surface area contributed by atoms with Gasteiger partial charge in [0.1, 0.15) is 4.21 Å². The van der Waals surface area contributed by atoms with Crippen LogP contribution in [0, 0.1) is 0 Å². The lowest BCUT2D eigenvalue weighted by Crippen LogP contribution is -2.23. The summed E-state index contributed by atoms with van der Waals surface area (Å²) in [4.78, 5) is 7.82. The summed E-state index contributed by atoms with van der Waals surface area (Å²) in [6, 6.07) is 5.73. The molecule has 0 aliphatic carbocycles. The Bertz CT molecular complexity index is 978. The van der Waals surface area contributed by atoms with Crippen molar-refractivity contribution in [3.63, 3.8) is 0 Å². The summed E-state index contributed by atoms with van der Waals surface area (Å²) in [5.74, 6) is 0. The van der Waals surface area contributed by atoms with Crippen LogP contribution in [0.3, 0.4) is 0 Å². The van der Waals surface area contributed by atoms with Crippen LogP contribution in [-0.4, -0.2) is 34.8 Å². The van der Waals surface area contributed by atoms with Gasteiger partial charge in [-0.2, -0.15) is 0 Å². The zero-order valence-corrected chi connectivity index (χ0v) is 15.2. The Hall–Kier alpha value is -1.88. The third kappa shape index (κ3) is 4.35. The molecule has 0 aliphatic rings. The number of thiophene rings is 1. The summed E-state index contributed by atoms with van der Waals surface area (Å²) in [6.45, 7) is 6.80. The molecule has 7 nitrogen and oxygen atoms in total. The van der Waals surface area contributed by atoms with Crippen molar-refractivity contribution in [2.24, 2.45) is 4.99 Å². The SMILES string of the molecule is C=NC(=C)c1cc(S(C)(=O)=O)cc(CNS(=O)(=O)c2cccs2)n1. The molecule has 0 spiro atoms. The number of sulfone groups is 1. The number of sulfonamides is 1. The van der Waals surface area contributed by atoms with Gasteiger partial charge in [0.15, 0.2) is 9.84 Å². The van der Waals surface area contributed by atoms with Crippen molar-refractivity contribution in [2.75, 3.05) is 6.26 Å². The second-order valence-electron chi connectivity index (χ2n) is 4.81. The number of nitrogens with one attached hydrogen (secondary N) is 1. The lowest BCUT2D eigenvalue weighted by atomic mass is 10.2. The van der Waals surface area contributed by atoms with Gasteiger partial charge in [-0.1, -0.05) is 12.6 Å². The number of aliphatic imine (C=N–C) groups is 1. The van der Waals surface area contributed by atoms with Gasteiger partial charge in [-0.3, -0.25) is 4.99 Å². The van der Waals surface area contributed by atoms with Crippen LogP contribution in [0.1, 0.15) is 11.4 Å². The van der Waals surface area contributed by atoms with Crippen LogP contribution in [0.2, 0.25) is 0 Å². The number of nitrogens with zero attached hydrogens (tertiary/aromatic N) is 2. The second kappa shape index (κ2) is 6.93. The normalized spacial score (nSPS) is 12.0. The molecule has 0 radical (unpaired) electrons. The third-order valence-electron chi connectivity index (χ3n) is 2.97. The maximum absolute atomic E-state index is 12.1. The van der Waals surface area contributed by atoms with E-state index in [2.05, 4.69) is 28.0 Å². The van der Waals surface area contributed by atoms with Crippen molar-refractivity contribution in [3.05, 3.63) is 47.6 Å². The Kier molecular flexibility index (Phi) is 5.33. The Morgan fingerprint density at radius 3 is 2.58 bits per heavy atom. The smallest absolute Gasteiger partial charge is 0.250 e. The minimum absolute atomic E-state index is 0.00243. The van der Waals surface area contributed by atoms with E-state index < -0.39 is 19.9 Å². The first-order chi connectivity index (χ1) is 11.1. The number of pyridine rings is 1. The van der Waals surface area contributed by atoms with Crippen molar-refractivity contribution >= 4 is 43.6 Å². The lowest BCUT2D eigenvalue weighted by molar-refractivity contribution is 0.582. The van der Waals surface area contributed by atoms with Gasteiger partial charge in [-0.15, -0.1) is 11.3 Å². The van der Waals surface area contributed by atoms with E-state index in [1.54, 1.807) is 11.4 Å².